The molecule has 2 atom stereocenters. The molecule has 118 valence electrons. The highest BCUT2D eigenvalue weighted by atomic mass is 19.3. The predicted octanol–water partition coefficient (Wildman–Crippen LogP) is 5.20. The number of benzene rings is 1. The van der Waals surface area contributed by atoms with Crippen molar-refractivity contribution in [3.8, 4) is 5.75 Å². The molecule has 2 rings (SSSR count). The van der Waals surface area contributed by atoms with Gasteiger partial charge in [-0.25, -0.2) is 4.39 Å². The van der Waals surface area contributed by atoms with E-state index in [1.807, 2.05) is 0 Å². The SMILES string of the molecule is CCC1CCCC(Nc2ccc(OC(F)F)c(F)c2)CC1. The Kier molecular flexibility index (Phi) is 5.76. The van der Waals surface area contributed by atoms with Gasteiger partial charge in [0.05, 0.1) is 0 Å². The lowest BCUT2D eigenvalue weighted by Gasteiger charge is -2.18. The van der Waals surface area contributed by atoms with Gasteiger partial charge < -0.3 is 10.1 Å². The molecule has 5 heteroatoms. The van der Waals surface area contributed by atoms with E-state index in [2.05, 4.69) is 17.0 Å². The van der Waals surface area contributed by atoms with E-state index in [9.17, 15) is 13.2 Å². The maximum atomic E-state index is 13.7. The number of alkyl halides is 2. The molecule has 0 saturated heterocycles. The van der Waals surface area contributed by atoms with Crippen molar-refractivity contribution in [1.82, 2.24) is 0 Å². The smallest absolute Gasteiger partial charge is 0.387 e. The first-order valence-electron chi connectivity index (χ1n) is 7.59. The van der Waals surface area contributed by atoms with Crippen LogP contribution in [0.15, 0.2) is 18.2 Å². The average molecular weight is 301 g/mol. The van der Waals surface area contributed by atoms with Gasteiger partial charge in [0, 0.05) is 17.8 Å². The van der Waals surface area contributed by atoms with Gasteiger partial charge in [0.2, 0.25) is 0 Å². The Balaban J connectivity index is 1.95. The lowest BCUT2D eigenvalue weighted by atomic mass is 9.98. The Bertz CT molecular complexity index is 453. The minimum absolute atomic E-state index is 0.322. The van der Waals surface area contributed by atoms with Gasteiger partial charge in [-0.1, -0.05) is 26.2 Å². The molecule has 1 aromatic carbocycles. The summed E-state index contributed by atoms with van der Waals surface area (Å²) < 4.78 is 41.9. The monoisotopic (exact) mass is 301 g/mol. The molecule has 0 bridgehead atoms. The van der Waals surface area contributed by atoms with Crippen LogP contribution in [0.3, 0.4) is 0 Å². The first kappa shape index (κ1) is 16.0. The molecule has 1 fully saturated rings. The van der Waals surface area contributed by atoms with Crippen LogP contribution in [-0.2, 0) is 0 Å². The Morgan fingerprint density at radius 2 is 2.05 bits per heavy atom. The standard InChI is InChI=1S/C16H22F3NO/c1-2-11-4-3-5-12(7-6-11)20-13-8-9-15(14(17)10-13)21-16(18)19/h8-12,16,20H,2-7H2,1H3. The van der Waals surface area contributed by atoms with Crippen molar-refractivity contribution < 1.29 is 17.9 Å². The maximum Gasteiger partial charge on any atom is 0.387 e. The van der Waals surface area contributed by atoms with Crippen molar-refractivity contribution in [2.75, 3.05) is 5.32 Å². The molecule has 1 aromatic rings. The van der Waals surface area contributed by atoms with Crippen molar-refractivity contribution in [2.45, 2.75) is 58.1 Å². The fourth-order valence-corrected chi connectivity index (χ4v) is 2.95. The summed E-state index contributed by atoms with van der Waals surface area (Å²) in [5, 5.41) is 3.30. The second-order valence-electron chi connectivity index (χ2n) is 5.65. The van der Waals surface area contributed by atoms with E-state index in [0.717, 1.165) is 18.8 Å². The molecule has 1 aliphatic rings. The molecule has 0 aliphatic heterocycles. The quantitative estimate of drug-likeness (QED) is 0.755. The summed E-state index contributed by atoms with van der Waals surface area (Å²) in [7, 11) is 0. The van der Waals surface area contributed by atoms with Crippen LogP contribution < -0.4 is 10.1 Å². The largest absolute Gasteiger partial charge is 0.432 e. The van der Waals surface area contributed by atoms with Crippen molar-refractivity contribution in [2.24, 2.45) is 5.92 Å². The fourth-order valence-electron chi connectivity index (χ4n) is 2.95. The minimum Gasteiger partial charge on any atom is -0.432 e. The van der Waals surface area contributed by atoms with Crippen LogP contribution in [0.1, 0.15) is 45.4 Å². The second-order valence-corrected chi connectivity index (χ2v) is 5.65. The number of halogens is 3. The topological polar surface area (TPSA) is 21.3 Å². The van der Waals surface area contributed by atoms with Crippen molar-refractivity contribution >= 4 is 5.69 Å². The zero-order valence-corrected chi connectivity index (χ0v) is 12.2. The number of nitrogens with one attached hydrogen (secondary N) is 1. The van der Waals surface area contributed by atoms with E-state index in [4.69, 9.17) is 0 Å². The van der Waals surface area contributed by atoms with Crippen LogP contribution in [-0.4, -0.2) is 12.7 Å². The fraction of sp³-hybridized carbons (Fsp3) is 0.625. The molecule has 0 spiro atoms. The Morgan fingerprint density at radius 1 is 1.24 bits per heavy atom. The van der Waals surface area contributed by atoms with Crippen LogP contribution >= 0.6 is 0 Å². The zero-order chi connectivity index (χ0) is 15.2. The van der Waals surface area contributed by atoms with Crippen molar-refractivity contribution in [3.63, 3.8) is 0 Å². The molecular weight excluding hydrogens is 279 g/mol. The molecule has 2 nitrogen and oxygen atoms in total. The lowest BCUT2D eigenvalue weighted by molar-refractivity contribution is -0.0521. The highest BCUT2D eigenvalue weighted by Crippen LogP contribution is 2.28. The number of anilines is 1. The first-order valence-corrected chi connectivity index (χ1v) is 7.59. The van der Waals surface area contributed by atoms with Crippen LogP contribution in [0.4, 0.5) is 18.9 Å². The van der Waals surface area contributed by atoms with Gasteiger partial charge in [0.25, 0.3) is 0 Å². The van der Waals surface area contributed by atoms with Gasteiger partial charge in [0.15, 0.2) is 11.6 Å². The summed E-state index contributed by atoms with van der Waals surface area (Å²) in [6.45, 7) is -0.790. The van der Waals surface area contributed by atoms with Crippen LogP contribution in [0.25, 0.3) is 0 Å². The Labute approximate surface area is 123 Å². The average Bonchev–Trinajstić information content (AvgIpc) is 2.67. The maximum absolute atomic E-state index is 13.7. The summed E-state index contributed by atoms with van der Waals surface area (Å²) in [5.41, 5.74) is 0.620. The summed E-state index contributed by atoms with van der Waals surface area (Å²) in [6, 6.07) is 4.38. The Hall–Kier alpha value is -1.39. The van der Waals surface area contributed by atoms with Crippen LogP contribution in [0.5, 0.6) is 5.75 Å². The third-order valence-electron chi connectivity index (χ3n) is 4.18. The highest BCUT2D eigenvalue weighted by molar-refractivity contribution is 5.48. The highest BCUT2D eigenvalue weighted by Gasteiger charge is 2.18. The van der Waals surface area contributed by atoms with Gasteiger partial charge in [-0.15, -0.1) is 0 Å². The molecule has 2 unspecified atom stereocenters. The Morgan fingerprint density at radius 3 is 2.71 bits per heavy atom. The van der Waals surface area contributed by atoms with E-state index < -0.39 is 18.2 Å². The van der Waals surface area contributed by atoms with E-state index in [1.54, 1.807) is 6.07 Å². The first-order chi connectivity index (χ1) is 10.1. The summed E-state index contributed by atoms with van der Waals surface area (Å²) in [4.78, 5) is 0. The van der Waals surface area contributed by atoms with Crippen molar-refractivity contribution in [3.05, 3.63) is 24.0 Å². The normalized spacial score (nSPS) is 22.9. The van der Waals surface area contributed by atoms with Gasteiger partial charge >= 0.3 is 6.61 Å². The molecule has 21 heavy (non-hydrogen) atoms. The molecule has 1 aliphatic carbocycles. The zero-order valence-electron chi connectivity index (χ0n) is 12.2. The van der Waals surface area contributed by atoms with Gasteiger partial charge in [-0.3, -0.25) is 0 Å². The minimum atomic E-state index is -3.01. The predicted molar refractivity (Wildman–Crippen MR) is 77.3 cm³/mol. The number of ether oxygens (including phenoxy) is 1. The van der Waals surface area contributed by atoms with E-state index in [0.29, 0.717) is 11.7 Å². The molecule has 0 radical (unpaired) electrons. The van der Waals surface area contributed by atoms with E-state index in [1.165, 1.54) is 37.8 Å². The number of hydrogen-bond donors (Lipinski definition) is 1. The lowest BCUT2D eigenvalue weighted by Crippen LogP contribution is -2.18. The summed E-state index contributed by atoms with van der Waals surface area (Å²) in [5.74, 6) is -0.391. The van der Waals surface area contributed by atoms with E-state index >= 15 is 0 Å². The molecule has 1 N–H and O–H groups in total. The van der Waals surface area contributed by atoms with Gasteiger partial charge in [0.1, 0.15) is 0 Å². The van der Waals surface area contributed by atoms with Gasteiger partial charge in [-0.05, 0) is 37.3 Å². The third kappa shape index (κ3) is 4.83. The van der Waals surface area contributed by atoms with Crippen LogP contribution in [0, 0.1) is 11.7 Å². The molecule has 0 heterocycles. The molecular formula is C16H22F3NO. The number of rotatable bonds is 5. The van der Waals surface area contributed by atoms with E-state index in [-0.39, 0.29) is 0 Å². The van der Waals surface area contributed by atoms with Gasteiger partial charge in [-0.2, -0.15) is 8.78 Å². The molecule has 0 aromatic heterocycles. The third-order valence-corrected chi connectivity index (χ3v) is 4.18. The summed E-state index contributed by atoms with van der Waals surface area (Å²) in [6.07, 6.45) is 6.95. The number of hydrogen-bond acceptors (Lipinski definition) is 2. The second kappa shape index (κ2) is 7.57. The van der Waals surface area contributed by atoms with Crippen molar-refractivity contribution in [1.29, 1.82) is 0 Å². The van der Waals surface area contributed by atoms with Crippen LogP contribution in [0.2, 0.25) is 0 Å². The molecule has 0 amide bonds. The molecule has 1 saturated carbocycles. The summed E-state index contributed by atoms with van der Waals surface area (Å²) >= 11 is 0.